The van der Waals surface area contributed by atoms with Crippen molar-refractivity contribution in [2.24, 2.45) is 0 Å². The fourth-order valence-corrected chi connectivity index (χ4v) is 14.8. The molecular formula is C40H41Cl3Zr. The van der Waals surface area contributed by atoms with Crippen LogP contribution in [0.25, 0.3) is 11.1 Å². The summed E-state index contributed by atoms with van der Waals surface area (Å²) in [6.07, 6.45) is 10.5. The SMILES string of the molecule is Cc1ccc([C](c2ccc(Cl)cc2)=[Zr+2]([c]2cc(C(C)(C)C)cc3c2Cc2ccc(C(C)(C)C)cc2-3)[CH]2C=CC=C2)cc1.[Cl-].[Cl-]. The normalized spacial score (nSPS) is 14.0. The van der Waals surface area contributed by atoms with Crippen LogP contribution in [0.1, 0.15) is 80.5 Å². The molecule has 0 N–H and O–H groups in total. The first-order valence-electron chi connectivity index (χ1n) is 15.1. The smallest absolute Gasteiger partial charge is 1.00 e. The summed E-state index contributed by atoms with van der Waals surface area (Å²) in [5.41, 5.74) is 12.9. The Morgan fingerprint density at radius 3 is 1.80 bits per heavy atom. The minimum absolute atomic E-state index is 0. The van der Waals surface area contributed by atoms with Crippen molar-refractivity contribution in [3.63, 3.8) is 0 Å². The molecule has 0 fully saturated rings. The van der Waals surface area contributed by atoms with Crippen molar-refractivity contribution in [2.75, 3.05) is 0 Å². The molecule has 0 atom stereocenters. The minimum Gasteiger partial charge on any atom is -1.00 e. The van der Waals surface area contributed by atoms with Crippen molar-refractivity contribution >= 4 is 18.1 Å². The zero-order valence-electron chi connectivity index (χ0n) is 26.7. The summed E-state index contributed by atoms with van der Waals surface area (Å²) in [5, 5.41) is 0.786. The van der Waals surface area contributed by atoms with Crippen LogP contribution in [0.2, 0.25) is 8.65 Å². The van der Waals surface area contributed by atoms with Crippen molar-refractivity contribution in [3.05, 3.63) is 147 Å². The van der Waals surface area contributed by atoms with E-state index in [0.29, 0.717) is 3.63 Å². The van der Waals surface area contributed by atoms with Crippen LogP contribution in [0, 0.1) is 6.92 Å². The molecular weight excluding hydrogens is 678 g/mol. The van der Waals surface area contributed by atoms with Crippen molar-refractivity contribution in [1.29, 1.82) is 0 Å². The Kier molecular flexibility index (Phi) is 10.6. The Morgan fingerprint density at radius 2 is 1.23 bits per heavy atom. The number of benzene rings is 4. The third-order valence-electron chi connectivity index (χ3n) is 8.86. The summed E-state index contributed by atoms with van der Waals surface area (Å²) in [5.74, 6) is 0. The van der Waals surface area contributed by atoms with E-state index in [-0.39, 0.29) is 35.6 Å². The quantitative estimate of drug-likeness (QED) is 0.261. The fraction of sp³-hybridized carbons (Fsp3) is 0.275. The standard InChI is InChI=1S/C21H25.C14H11Cl.C5H5.2ClH.Zr/c1-20(2,3)16-9-7-14-11-15-8-10-17(21(4,5)6)13-19(15)18(14)12-16;1-11-2-4-12(5-3-11)10-13-6-8-14(15)9-7-13;1-2-4-5-3-1;;;/h7,9-10,12-13H,11H2,1-6H3;2-9H,1H3;1-5H;2*1H;/q;;;;;+2/p-2. The molecule has 2 aliphatic rings. The maximum absolute atomic E-state index is 6.44. The molecule has 44 heavy (non-hydrogen) atoms. The first-order valence-corrected chi connectivity index (χ1v) is 19.4. The molecule has 0 saturated carbocycles. The van der Waals surface area contributed by atoms with Crippen molar-refractivity contribution in [1.82, 2.24) is 0 Å². The van der Waals surface area contributed by atoms with E-state index in [9.17, 15) is 0 Å². The van der Waals surface area contributed by atoms with Gasteiger partial charge in [0.1, 0.15) is 0 Å². The maximum Gasteiger partial charge on any atom is -1.00 e. The Bertz CT molecular complexity index is 1700. The zero-order valence-corrected chi connectivity index (χ0v) is 31.5. The second kappa shape index (κ2) is 13.4. The maximum atomic E-state index is 6.44. The molecule has 6 rings (SSSR count). The molecule has 0 aliphatic heterocycles. The Balaban J connectivity index is 0.00000221. The predicted octanol–water partition coefficient (Wildman–Crippen LogP) is 4.25. The van der Waals surface area contributed by atoms with Crippen molar-refractivity contribution in [3.8, 4) is 11.1 Å². The number of hydrogen-bond acceptors (Lipinski definition) is 0. The van der Waals surface area contributed by atoms with E-state index in [2.05, 4.69) is 152 Å². The molecule has 226 valence electrons. The average Bonchev–Trinajstić information content (AvgIpc) is 3.60. The molecule has 0 radical (unpaired) electrons. The summed E-state index contributed by atoms with van der Waals surface area (Å²) in [6.45, 7) is 16.2. The van der Waals surface area contributed by atoms with E-state index in [1.54, 1.807) is 12.0 Å². The van der Waals surface area contributed by atoms with Gasteiger partial charge in [0.25, 0.3) is 0 Å². The van der Waals surface area contributed by atoms with Crippen LogP contribution in [-0.2, 0) is 38.5 Å². The summed E-state index contributed by atoms with van der Waals surface area (Å²) in [4.78, 5) is 0. The minimum atomic E-state index is -2.70. The van der Waals surface area contributed by atoms with Gasteiger partial charge in [-0.3, -0.25) is 0 Å². The summed E-state index contributed by atoms with van der Waals surface area (Å²) in [7, 11) is 0. The van der Waals surface area contributed by atoms with Crippen LogP contribution in [0.15, 0.2) is 103 Å². The van der Waals surface area contributed by atoms with E-state index in [0.717, 1.165) is 11.4 Å². The molecule has 0 bridgehead atoms. The number of halogens is 3. The number of rotatable bonds is 4. The largest absolute Gasteiger partial charge is 1.00 e. The molecule has 0 spiro atoms. The Labute approximate surface area is 289 Å². The zero-order chi connectivity index (χ0) is 29.8. The first kappa shape index (κ1) is 34.8. The molecule has 0 unspecified atom stereocenters. The second-order valence-corrected chi connectivity index (χ2v) is 20.7. The first-order chi connectivity index (χ1) is 19.9. The van der Waals surface area contributed by atoms with Gasteiger partial charge in [-0.1, -0.05) is 0 Å². The summed E-state index contributed by atoms with van der Waals surface area (Å²) in [6, 6.07) is 30.2. The van der Waals surface area contributed by atoms with Crippen LogP contribution in [0.3, 0.4) is 0 Å². The molecule has 0 amide bonds. The van der Waals surface area contributed by atoms with Gasteiger partial charge >= 0.3 is 267 Å². The van der Waals surface area contributed by atoms with E-state index >= 15 is 0 Å². The van der Waals surface area contributed by atoms with Crippen LogP contribution in [-0.4, -0.2) is 3.21 Å². The number of aryl methyl sites for hydroxylation is 1. The number of allylic oxidation sites excluding steroid dienone is 4. The van der Waals surface area contributed by atoms with E-state index < -0.39 is 21.3 Å². The number of fused-ring (bicyclic) bond motifs is 3. The third kappa shape index (κ3) is 6.88. The van der Waals surface area contributed by atoms with Gasteiger partial charge in [-0.15, -0.1) is 0 Å². The van der Waals surface area contributed by atoms with Gasteiger partial charge in [0.15, 0.2) is 0 Å². The van der Waals surface area contributed by atoms with Gasteiger partial charge in [-0.2, -0.15) is 0 Å². The van der Waals surface area contributed by atoms with Crippen LogP contribution in [0.5, 0.6) is 0 Å². The summed E-state index contributed by atoms with van der Waals surface area (Å²) >= 11 is 3.73. The monoisotopic (exact) mass is 716 g/mol. The number of hydrogen-bond donors (Lipinski definition) is 0. The molecule has 4 aromatic carbocycles. The van der Waals surface area contributed by atoms with Crippen molar-refractivity contribution in [2.45, 2.75) is 69.3 Å². The second-order valence-electron chi connectivity index (χ2n) is 14.1. The fourth-order valence-electron chi connectivity index (χ4n) is 6.33. The van der Waals surface area contributed by atoms with E-state index in [1.807, 2.05) is 0 Å². The Morgan fingerprint density at radius 1 is 0.682 bits per heavy atom. The van der Waals surface area contributed by atoms with Gasteiger partial charge in [0.05, 0.1) is 0 Å². The average molecular weight is 719 g/mol. The molecule has 4 heteroatoms. The third-order valence-corrected chi connectivity index (χ3v) is 17.0. The van der Waals surface area contributed by atoms with Gasteiger partial charge in [-0.05, 0) is 0 Å². The van der Waals surface area contributed by atoms with E-state index in [1.165, 1.54) is 44.5 Å². The molecule has 0 heterocycles. The molecule has 4 aromatic rings. The topological polar surface area (TPSA) is 0 Å². The molecule has 0 saturated heterocycles. The van der Waals surface area contributed by atoms with Crippen LogP contribution in [0.4, 0.5) is 0 Å². The van der Waals surface area contributed by atoms with Gasteiger partial charge in [0, 0.05) is 0 Å². The molecule has 0 aromatic heterocycles. The Hall–Kier alpha value is -2.02. The van der Waals surface area contributed by atoms with Gasteiger partial charge in [0.2, 0.25) is 0 Å². The van der Waals surface area contributed by atoms with Crippen LogP contribution < -0.4 is 28.1 Å². The predicted molar refractivity (Wildman–Crippen MR) is 180 cm³/mol. The van der Waals surface area contributed by atoms with Gasteiger partial charge in [-0.25, -0.2) is 0 Å². The van der Waals surface area contributed by atoms with E-state index in [4.69, 9.17) is 11.6 Å². The molecule has 2 aliphatic carbocycles. The summed E-state index contributed by atoms with van der Waals surface area (Å²) < 4.78 is 3.64. The molecule has 0 nitrogen and oxygen atoms in total. The van der Waals surface area contributed by atoms with Crippen molar-refractivity contribution < 1.29 is 46.1 Å². The van der Waals surface area contributed by atoms with Crippen LogP contribution >= 0.6 is 11.6 Å². The van der Waals surface area contributed by atoms with Gasteiger partial charge < -0.3 is 24.8 Å².